The van der Waals surface area contributed by atoms with E-state index in [4.69, 9.17) is 4.74 Å². The summed E-state index contributed by atoms with van der Waals surface area (Å²) in [6.45, 7) is 2.89. The quantitative estimate of drug-likeness (QED) is 0.632. The molecule has 1 aromatic carbocycles. The molecular weight excluding hydrogens is 210 g/mol. The Bertz CT molecular complexity index is 521. The SMILES string of the molecule is CCOCc1nc2ccc([N+](=O)[O-])cc2[nH]1. The van der Waals surface area contributed by atoms with Crippen molar-refractivity contribution in [2.75, 3.05) is 6.61 Å². The number of imidazole rings is 1. The molecule has 0 bridgehead atoms. The highest BCUT2D eigenvalue weighted by Crippen LogP contribution is 2.18. The van der Waals surface area contributed by atoms with E-state index >= 15 is 0 Å². The summed E-state index contributed by atoms with van der Waals surface area (Å²) >= 11 is 0. The minimum Gasteiger partial charge on any atom is -0.374 e. The smallest absolute Gasteiger partial charge is 0.271 e. The largest absolute Gasteiger partial charge is 0.374 e. The molecule has 84 valence electrons. The molecule has 0 amide bonds. The number of nitro groups is 1. The zero-order chi connectivity index (χ0) is 11.5. The molecule has 2 rings (SSSR count). The Morgan fingerprint density at radius 1 is 1.56 bits per heavy atom. The number of hydrogen-bond donors (Lipinski definition) is 1. The van der Waals surface area contributed by atoms with Crippen molar-refractivity contribution in [1.82, 2.24) is 9.97 Å². The molecule has 0 saturated carbocycles. The van der Waals surface area contributed by atoms with Crippen LogP contribution >= 0.6 is 0 Å². The van der Waals surface area contributed by atoms with Crippen molar-refractivity contribution in [2.24, 2.45) is 0 Å². The molecule has 0 aliphatic rings. The topological polar surface area (TPSA) is 81.1 Å². The summed E-state index contributed by atoms with van der Waals surface area (Å²) in [6, 6.07) is 4.53. The zero-order valence-corrected chi connectivity index (χ0v) is 8.77. The van der Waals surface area contributed by atoms with E-state index in [0.717, 1.165) is 0 Å². The van der Waals surface area contributed by atoms with Gasteiger partial charge in [-0.25, -0.2) is 4.98 Å². The molecule has 6 heteroatoms. The van der Waals surface area contributed by atoms with Gasteiger partial charge in [-0.1, -0.05) is 0 Å². The van der Waals surface area contributed by atoms with E-state index in [1.807, 2.05) is 6.92 Å². The second kappa shape index (κ2) is 4.28. The van der Waals surface area contributed by atoms with Crippen LogP contribution in [0.2, 0.25) is 0 Å². The van der Waals surface area contributed by atoms with E-state index in [-0.39, 0.29) is 5.69 Å². The van der Waals surface area contributed by atoms with Gasteiger partial charge in [-0.15, -0.1) is 0 Å². The molecule has 1 heterocycles. The van der Waals surface area contributed by atoms with Crippen molar-refractivity contribution in [3.05, 3.63) is 34.1 Å². The van der Waals surface area contributed by atoms with Gasteiger partial charge in [-0.05, 0) is 13.0 Å². The summed E-state index contributed by atoms with van der Waals surface area (Å²) in [4.78, 5) is 17.4. The molecule has 0 spiro atoms. The third-order valence-electron chi connectivity index (χ3n) is 2.17. The average molecular weight is 221 g/mol. The van der Waals surface area contributed by atoms with Gasteiger partial charge >= 0.3 is 0 Å². The Labute approximate surface area is 91.4 Å². The first kappa shape index (κ1) is 10.6. The number of fused-ring (bicyclic) bond motifs is 1. The van der Waals surface area contributed by atoms with Crippen LogP contribution in [0.3, 0.4) is 0 Å². The number of rotatable bonds is 4. The number of nitro benzene ring substituents is 1. The lowest BCUT2D eigenvalue weighted by molar-refractivity contribution is -0.384. The van der Waals surface area contributed by atoms with Crippen molar-refractivity contribution in [1.29, 1.82) is 0 Å². The number of hydrogen-bond acceptors (Lipinski definition) is 4. The monoisotopic (exact) mass is 221 g/mol. The molecule has 1 aromatic heterocycles. The van der Waals surface area contributed by atoms with Gasteiger partial charge in [0.1, 0.15) is 12.4 Å². The standard InChI is InChI=1S/C10H11N3O3/c1-2-16-6-10-11-8-4-3-7(13(14)15)5-9(8)12-10/h3-5H,2,6H2,1H3,(H,11,12). The van der Waals surface area contributed by atoms with Crippen LogP contribution in [0.1, 0.15) is 12.7 Å². The number of aromatic nitrogens is 2. The van der Waals surface area contributed by atoms with Gasteiger partial charge < -0.3 is 9.72 Å². The summed E-state index contributed by atoms with van der Waals surface area (Å²) in [5.41, 5.74) is 1.42. The molecule has 1 N–H and O–H groups in total. The lowest BCUT2D eigenvalue weighted by Gasteiger charge is -1.94. The van der Waals surface area contributed by atoms with E-state index < -0.39 is 4.92 Å². The molecule has 0 radical (unpaired) electrons. The molecular formula is C10H11N3O3. The second-order valence-corrected chi connectivity index (χ2v) is 3.28. The van der Waals surface area contributed by atoms with Crippen LogP contribution in [0, 0.1) is 10.1 Å². The fourth-order valence-electron chi connectivity index (χ4n) is 1.43. The summed E-state index contributed by atoms with van der Waals surface area (Å²) in [7, 11) is 0. The number of aromatic amines is 1. The van der Waals surface area contributed by atoms with E-state index in [2.05, 4.69) is 9.97 Å². The maximum absolute atomic E-state index is 10.6. The lowest BCUT2D eigenvalue weighted by atomic mass is 10.3. The number of nitrogens with zero attached hydrogens (tertiary/aromatic N) is 2. The minimum absolute atomic E-state index is 0.0547. The first-order valence-electron chi connectivity index (χ1n) is 4.91. The van der Waals surface area contributed by atoms with Crippen molar-refractivity contribution in [3.63, 3.8) is 0 Å². The van der Waals surface area contributed by atoms with Crippen molar-refractivity contribution >= 4 is 16.7 Å². The summed E-state index contributed by atoms with van der Waals surface area (Å²) < 4.78 is 5.20. The molecule has 2 aromatic rings. The molecule has 0 aliphatic carbocycles. The lowest BCUT2D eigenvalue weighted by Crippen LogP contribution is -1.93. The highest BCUT2D eigenvalue weighted by Gasteiger charge is 2.09. The third kappa shape index (κ3) is 2.01. The van der Waals surface area contributed by atoms with Gasteiger partial charge in [-0.3, -0.25) is 10.1 Å². The first-order valence-corrected chi connectivity index (χ1v) is 4.91. The van der Waals surface area contributed by atoms with E-state index in [1.165, 1.54) is 12.1 Å². The average Bonchev–Trinajstić information content (AvgIpc) is 2.67. The molecule has 0 fully saturated rings. The molecule has 16 heavy (non-hydrogen) atoms. The Hall–Kier alpha value is -1.95. The van der Waals surface area contributed by atoms with Crippen LogP contribution in [0.25, 0.3) is 11.0 Å². The molecule has 0 unspecified atom stereocenters. The Kier molecular flexibility index (Phi) is 2.82. The molecule has 0 aliphatic heterocycles. The Morgan fingerprint density at radius 2 is 2.38 bits per heavy atom. The van der Waals surface area contributed by atoms with Gasteiger partial charge in [0, 0.05) is 18.7 Å². The number of ether oxygens (including phenoxy) is 1. The van der Waals surface area contributed by atoms with Crippen molar-refractivity contribution < 1.29 is 9.66 Å². The van der Waals surface area contributed by atoms with E-state index in [1.54, 1.807) is 6.07 Å². The maximum atomic E-state index is 10.6. The van der Waals surface area contributed by atoms with Crippen LogP contribution in [0.4, 0.5) is 5.69 Å². The Balaban J connectivity index is 2.34. The number of benzene rings is 1. The van der Waals surface area contributed by atoms with Gasteiger partial charge in [0.15, 0.2) is 0 Å². The van der Waals surface area contributed by atoms with Gasteiger partial charge in [-0.2, -0.15) is 0 Å². The number of nitrogens with one attached hydrogen (secondary N) is 1. The van der Waals surface area contributed by atoms with Crippen LogP contribution in [-0.2, 0) is 11.3 Å². The summed E-state index contributed by atoms with van der Waals surface area (Å²) in [6.07, 6.45) is 0. The zero-order valence-electron chi connectivity index (χ0n) is 8.77. The van der Waals surface area contributed by atoms with Gasteiger partial charge in [0.05, 0.1) is 16.0 Å². The second-order valence-electron chi connectivity index (χ2n) is 3.28. The molecule has 0 atom stereocenters. The van der Waals surface area contributed by atoms with Crippen LogP contribution in [0.5, 0.6) is 0 Å². The fourth-order valence-corrected chi connectivity index (χ4v) is 1.43. The highest BCUT2D eigenvalue weighted by atomic mass is 16.6. The van der Waals surface area contributed by atoms with Crippen LogP contribution in [-0.4, -0.2) is 21.5 Å². The predicted octanol–water partition coefficient (Wildman–Crippen LogP) is 2.01. The summed E-state index contributed by atoms with van der Waals surface area (Å²) in [5.74, 6) is 0.678. The third-order valence-corrected chi connectivity index (χ3v) is 2.17. The Morgan fingerprint density at radius 3 is 3.06 bits per heavy atom. The molecule has 0 saturated heterocycles. The fraction of sp³-hybridized carbons (Fsp3) is 0.300. The highest BCUT2D eigenvalue weighted by molar-refractivity contribution is 5.77. The van der Waals surface area contributed by atoms with Crippen LogP contribution in [0.15, 0.2) is 18.2 Å². The van der Waals surface area contributed by atoms with E-state index in [9.17, 15) is 10.1 Å². The van der Waals surface area contributed by atoms with Crippen LogP contribution < -0.4 is 0 Å². The van der Waals surface area contributed by atoms with Crippen molar-refractivity contribution in [2.45, 2.75) is 13.5 Å². The molecule has 6 nitrogen and oxygen atoms in total. The van der Waals surface area contributed by atoms with E-state index in [0.29, 0.717) is 30.1 Å². The summed E-state index contributed by atoms with van der Waals surface area (Å²) in [5, 5.41) is 10.6. The maximum Gasteiger partial charge on any atom is 0.271 e. The normalized spacial score (nSPS) is 10.8. The first-order chi connectivity index (χ1) is 7.70. The van der Waals surface area contributed by atoms with Gasteiger partial charge in [0.2, 0.25) is 0 Å². The van der Waals surface area contributed by atoms with Crippen molar-refractivity contribution in [3.8, 4) is 0 Å². The van der Waals surface area contributed by atoms with Gasteiger partial charge in [0.25, 0.3) is 5.69 Å². The number of non-ortho nitro benzene ring substituents is 1. The number of H-pyrrole nitrogens is 1. The minimum atomic E-state index is -0.428. The predicted molar refractivity (Wildman–Crippen MR) is 58.1 cm³/mol.